The van der Waals surface area contributed by atoms with Crippen molar-refractivity contribution in [2.24, 2.45) is 5.92 Å². The fourth-order valence-corrected chi connectivity index (χ4v) is 2.28. The van der Waals surface area contributed by atoms with Gasteiger partial charge in [0.05, 0.1) is 0 Å². The Labute approximate surface area is 88.5 Å². The Balaban J connectivity index is 2.77. The zero-order valence-electron chi connectivity index (χ0n) is 9.20. The van der Waals surface area contributed by atoms with Gasteiger partial charge in [-0.2, -0.15) is 0 Å². The van der Waals surface area contributed by atoms with E-state index in [-0.39, 0.29) is 12.3 Å². The van der Waals surface area contributed by atoms with Crippen LogP contribution in [-0.4, -0.2) is 33.2 Å². The van der Waals surface area contributed by atoms with Gasteiger partial charge in [-0.05, 0) is 19.3 Å². The molecule has 0 aromatic carbocycles. The molecule has 1 aliphatic heterocycles. The first-order valence-electron chi connectivity index (χ1n) is 4.98. The third-order valence-corrected chi connectivity index (χ3v) is 2.81. The monoisotopic (exact) mass is 215 g/mol. The highest BCUT2D eigenvalue weighted by Gasteiger charge is 2.60. The molecule has 3 N–H and O–H groups in total. The number of carbonyl (C=O) groups is 2. The van der Waals surface area contributed by atoms with Crippen molar-refractivity contribution in [2.75, 3.05) is 0 Å². The SMILES string of the molecule is CC(C)C[C@@]1(C(=O)O)C[C@@](C)(C(=O)O)N1. The molecule has 0 aromatic heterocycles. The molecule has 0 bridgehead atoms. The third-order valence-electron chi connectivity index (χ3n) is 2.81. The highest BCUT2D eigenvalue weighted by molar-refractivity contribution is 5.88. The molecule has 1 fully saturated rings. The Bertz CT molecular complexity index is 292. The second kappa shape index (κ2) is 3.48. The third kappa shape index (κ3) is 1.97. The van der Waals surface area contributed by atoms with Gasteiger partial charge >= 0.3 is 11.9 Å². The van der Waals surface area contributed by atoms with Crippen molar-refractivity contribution in [1.29, 1.82) is 0 Å². The minimum atomic E-state index is -1.09. The summed E-state index contributed by atoms with van der Waals surface area (Å²) in [6.07, 6.45) is 0.591. The van der Waals surface area contributed by atoms with E-state index in [0.717, 1.165) is 0 Å². The molecule has 15 heavy (non-hydrogen) atoms. The average molecular weight is 215 g/mol. The summed E-state index contributed by atoms with van der Waals surface area (Å²) in [6, 6.07) is 0. The summed E-state index contributed by atoms with van der Waals surface area (Å²) >= 11 is 0. The second-order valence-corrected chi connectivity index (χ2v) is 4.92. The Morgan fingerprint density at radius 3 is 2.07 bits per heavy atom. The van der Waals surface area contributed by atoms with Crippen LogP contribution in [0.5, 0.6) is 0 Å². The summed E-state index contributed by atoms with van der Waals surface area (Å²) in [5, 5.41) is 20.7. The van der Waals surface area contributed by atoms with Gasteiger partial charge in [0.15, 0.2) is 0 Å². The van der Waals surface area contributed by atoms with E-state index in [9.17, 15) is 9.59 Å². The number of nitrogens with one attached hydrogen (secondary N) is 1. The molecule has 0 saturated carbocycles. The first kappa shape index (κ1) is 12.0. The molecule has 1 saturated heterocycles. The molecule has 5 heteroatoms. The fraction of sp³-hybridized carbons (Fsp3) is 0.800. The van der Waals surface area contributed by atoms with Gasteiger partial charge in [0.1, 0.15) is 11.1 Å². The summed E-state index contributed by atoms with van der Waals surface area (Å²) < 4.78 is 0. The quantitative estimate of drug-likeness (QED) is 0.642. The van der Waals surface area contributed by atoms with Gasteiger partial charge < -0.3 is 10.2 Å². The van der Waals surface area contributed by atoms with Crippen molar-refractivity contribution in [3.63, 3.8) is 0 Å². The Morgan fingerprint density at radius 2 is 1.80 bits per heavy atom. The van der Waals surface area contributed by atoms with Crippen LogP contribution in [-0.2, 0) is 9.59 Å². The van der Waals surface area contributed by atoms with Gasteiger partial charge in [0, 0.05) is 6.42 Å². The molecule has 1 aliphatic rings. The molecule has 0 unspecified atom stereocenters. The molecule has 86 valence electrons. The van der Waals surface area contributed by atoms with Crippen LogP contribution in [0.4, 0.5) is 0 Å². The summed E-state index contributed by atoms with van der Waals surface area (Å²) in [6.45, 7) is 5.35. The predicted octanol–water partition coefficient (Wildman–Crippen LogP) is 0.692. The van der Waals surface area contributed by atoms with Crippen molar-refractivity contribution in [2.45, 2.75) is 44.7 Å². The molecule has 0 aromatic rings. The Hall–Kier alpha value is -1.10. The van der Waals surface area contributed by atoms with Gasteiger partial charge in [-0.25, -0.2) is 0 Å². The number of carboxylic acids is 2. The molecule has 0 spiro atoms. The number of hydrogen-bond donors (Lipinski definition) is 3. The lowest BCUT2D eigenvalue weighted by atomic mass is 9.69. The first-order chi connectivity index (χ1) is 6.72. The fourth-order valence-electron chi connectivity index (χ4n) is 2.28. The van der Waals surface area contributed by atoms with E-state index in [1.54, 1.807) is 0 Å². The number of hydrogen-bond acceptors (Lipinski definition) is 3. The Morgan fingerprint density at radius 1 is 1.33 bits per heavy atom. The van der Waals surface area contributed by atoms with Crippen LogP contribution in [0.3, 0.4) is 0 Å². The summed E-state index contributed by atoms with van der Waals surface area (Å²) in [5.74, 6) is -1.75. The maximum absolute atomic E-state index is 11.1. The second-order valence-electron chi connectivity index (χ2n) is 4.92. The molecule has 2 atom stereocenters. The highest BCUT2D eigenvalue weighted by Crippen LogP contribution is 2.38. The zero-order chi connectivity index (χ0) is 11.9. The maximum Gasteiger partial charge on any atom is 0.324 e. The van der Waals surface area contributed by atoms with Crippen LogP contribution in [0.1, 0.15) is 33.6 Å². The van der Waals surface area contributed by atoms with Crippen LogP contribution in [0.15, 0.2) is 0 Å². The van der Waals surface area contributed by atoms with E-state index in [0.29, 0.717) is 6.42 Å². The standard InChI is InChI=1S/C10H17NO4/c1-6(2)4-10(8(14)15)5-9(3,11-10)7(12)13/h6,11H,4-5H2,1-3H3,(H,12,13)(H,14,15)/t9-,10-/m0/s1. The summed E-state index contributed by atoms with van der Waals surface area (Å²) in [4.78, 5) is 21.9. The van der Waals surface area contributed by atoms with Crippen LogP contribution < -0.4 is 5.32 Å². The van der Waals surface area contributed by atoms with Gasteiger partial charge in [-0.15, -0.1) is 0 Å². The van der Waals surface area contributed by atoms with E-state index < -0.39 is 23.0 Å². The topological polar surface area (TPSA) is 86.6 Å². The van der Waals surface area contributed by atoms with E-state index in [4.69, 9.17) is 10.2 Å². The summed E-state index contributed by atoms with van der Waals surface area (Å²) in [7, 11) is 0. The van der Waals surface area contributed by atoms with Gasteiger partial charge in [0.25, 0.3) is 0 Å². The highest BCUT2D eigenvalue weighted by atomic mass is 16.4. The average Bonchev–Trinajstić information content (AvgIpc) is 1.98. The van der Waals surface area contributed by atoms with E-state index in [2.05, 4.69) is 5.32 Å². The zero-order valence-corrected chi connectivity index (χ0v) is 9.20. The normalized spacial score (nSPS) is 34.9. The van der Waals surface area contributed by atoms with Crippen molar-refractivity contribution >= 4 is 11.9 Å². The minimum Gasteiger partial charge on any atom is -0.480 e. The van der Waals surface area contributed by atoms with Gasteiger partial charge in [0.2, 0.25) is 0 Å². The smallest absolute Gasteiger partial charge is 0.324 e. The van der Waals surface area contributed by atoms with Crippen LogP contribution in [0.25, 0.3) is 0 Å². The van der Waals surface area contributed by atoms with E-state index >= 15 is 0 Å². The molecular formula is C10H17NO4. The summed E-state index contributed by atoms with van der Waals surface area (Å²) in [5.41, 5.74) is -2.14. The maximum atomic E-state index is 11.1. The molecule has 1 heterocycles. The molecular weight excluding hydrogens is 198 g/mol. The van der Waals surface area contributed by atoms with Crippen molar-refractivity contribution < 1.29 is 19.8 Å². The molecule has 0 radical (unpaired) electrons. The van der Waals surface area contributed by atoms with Crippen LogP contribution >= 0.6 is 0 Å². The number of carboxylic acid groups (broad SMARTS) is 2. The minimum absolute atomic E-state index is 0.142. The molecule has 5 nitrogen and oxygen atoms in total. The van der Waals surface area contributed by atoms with Crippen LogP contribution in [0, 0.1) is 5.92 Å². The largest absolute Gasteiger partial charge is 0.480 e. The first-order valence-corrected chi connectivity index (χ1v) is 4.98. The van der Waals surface area contributed by atoms with Crippen molar-refractivity contribution in [3.8, 4) is 0 Å². The van der Waals surface area contributed by atoms with Crippen LogP contribution in [0.2, 0.25) is 0 Å². The van der Waals surface area contributed by atoms with Gasteiger partial charge in [-0.3, -0.25) is 14.9 Å². The Kier molecular flexibility index (Phi) is 2.78. The number of rotatable bonds is 4. The van der Waals surface area contributed by atoms with Gasteiger partial charge in [-0.1, -0.05) is 13.8 Å². The lowest BCUT2D eigenvalue weighted by Crippen LogP contribution is -2.77. The van der Waals surface area contributed by atoms with Crippen molar-refractivity contribution in [1.82, 2.24) is 5.32 Å². The molecule has 0 aliphatic carbocycles. The number of aliphatic carboxylic acids is 2. The van der Waals surface area contributed by atoms with E-state index in [1.807, 2.05) is 13.8 Å². The predicted molar refractivity (Wildman–Crippen MR) is 53.6 cm³/mol. The van der Waals surface area contributed by atoms with Crippen molar-refractivity contribution in [3.05, 3.63) is 0 Å². The lowest BCUT2D eigenvalue weighted by Gasteiger charge is -2.51. The molecule has 1 rings (SSSR count). The lowest BCUT2D eigenvalue weighted by molar-refractivity contribution is -0.165. The van der Waals surface area contributed by atoms with E-state index in [1.165, 1.54) is 6.92 Å². The molecule has 0 amide bonds.